The number of thiophene rings is 1. The number of ether oxygens (including phenoxy) is 1. The molecule has 0 radical (unpaired) electrons. The van der Waals surface area contributed by atoms with E-state index in [2.05, 4.69) is 67.2 Å². The number of aromatic nitrogens is 5. The highest BCUT2D eigenvalue weighted by molar-refractivity contribution is 7.09. The second-order valence-electron chi connectivity index (χ2n) is 9.50. The van der Waals surface area contributed by atoms with Gasteiger partial charge in [-0.05, 0) is 78.9 Å². The van der Waals surface area contributed by atoms with E-state index in [0.717, 1.165) is 23.1 Å². The molecular formula is C29H32N6O2S. The molecule has 0 amide bonds. The van der Waals surface area contributed by atoms with Crippen molar-refractivity contribution in [2.75, 3.05) is 13.2 Å². The Labute approximate surface area is 225 Å². The molecule has 2 aromatic carbocycles. The van der Waals surface area contributed by atoms with Crippen molar-refractivity contribution in [3.8, 4) is 5.75 Å². The van der Waals surface area contributed by atoms with Crippen LogP contribution in [-0.2, 0) is 13.0 Å². The van der Waals surface area contributed by atoms with E-state index >= 15 is 0 Å². The molecular weight excluding hydrogens is 496 g/mol. The van der Waals surface area contributed by atoms with Gasteiger partial charge in [0.1, 0.15) is 11.8 Å². The van der Waals surface area contributed by atoms with Crippen LogP contribution in [-0.4, -0.2) is 43.2 Å². The minimum absolute atomic E-state index is 0.0318. The first-order valence-corrected chi connectivity index (χ1v) is 13.8. The fraction of sp³-hybridized carbons (Fsp3) is 0.310. The quantitative estimate of drug-likeness (QED) is 0.247. The summed E-state index contributed by atoms with van der Waals surface area (Å²) in [6, 6.07) is 21.9. The van der Waals surface area contributed by atoms with Crippen LogP contribution in [0.2, 0.25) is 0 Å². The molecule has 5 rings (SSSR count). The predicted octanol–water partition coefficient (Wildman–Crippen LogP) is 5.39. The van der Waals surface area contributed by atoms with Crippen molar-refractivity contribution in [1.82, 2.24) is 30.1 Å². The number of pyridine rings is 1. The molecule has 3 aromatic heterocycles. The van der Waals surface area contributed by atoms with Gasteiger partial charge in [-0.15, -0.1) is 16.4 Å². The largest absolute Gasteiger partial charge is 0.494 e. The van der Waals surface area contributed by atoms with Crippen LogP contribution in [0.4, 0.5) is 0 Å². The summed E-state index contributed by atoms with van der Waals surface area (Å²) in [6.07, 6.45) is 0.825. The van der Waals surface area contributed by atoms with Crippen molar-refractivity contribution in [2.45, 2.75) is 45.8 Å². The number of H-pyrrole nitrogens is 1. The molecule has 9 heteroatoms. The fourth-order valence-corrected chi connectivity index (χ4v) is 5.46. The maximum Gasteiger partial charge on any atom is 0.253 e. The third-order valence-electron chi connectivity index (χ3n) is 6.54. The average Bonchev–Trinajstić information content (AvgIpc) is 3.61. The van der Waals surface area contributed by atoms with Crippen molar-refractivity contribution in [2.24, 2.45) is 0 Å². The zero-order chi connectivity index (χ0) is 26.5. The van der Waals surface area contributed by atoms with Crippen LogP contribution in [0.3, 0.4) is 0 Å². The maximum atomic E-state index is 13.7. The topological polar surface area (TPSA) is 88.9 Å². The number of fused-ring (bicyclic) bond motifs is 1. The highest BCUT2D eigenvalue weighted by Gasteiger charge is 2.31. The van der Waals surface area contributed by atoms with Crippen LogP contribution in [0.15, 0.2) is 76.9 Å². The van der Waals surface area contributed by atoms with Gasteiger partial charge in [-0.3, -0.25) is 9.69 Å². The SMILES string of the molecule is CCOc1ccc2[nH]c(=O)c([C@@H](c3nnnn3C(C)C)N(CCc3ccccc3)Cc3cccs3)cc2c1. The Kier molecular flexibility index (Phi) is 7.95. The second-order valence-corrected chi connectivity index (χ2v) is 10.5. The van der Waals surface area contributed by atoms with Crippen molar-refractivity contribution < 1.29 is 4.74 Å². The fourth-order valence-electron chi connectivity index (χ4n) is 4.73. The molecule has 196 valence electrons. The summed E-state index contributed by atoms with van der Waals surface area (Å²) in [6.45, 7) is 8.00. The highest BCUT2D eigenvalue weighted by atomic mass is 32.1. The van der Waals surface area contributed by atoms with E-state index in [1.807, 2.05) is 55.8 Å². The Balaban J connectivity index is 1.65. The molecule has 0 fully saturated rings. The van der Waals surface area contributed by atoms with Gasteiger partial charge in [0.15, 0.2) is 5.82 Å². The third-order valence-corrected chi connectivity index (χ3v) is 7.40. The van der Waals surface area contributed by atoms with E-state index in [0.29, 0.717) is 31.1 Å². The van der Waals surface area contributed by atoms with Gasteiger partial charge in [-0.2, -0.15) is 0 Å². The van der Waals surface area contributed by atoms with Crippen LogP contribution < -0.4 is 10.3 Å². The van der Waals surface area contributed by atoms with Crippen LogP contribution in [0.25, 0.3) is 10.9 Å². The molecule has 0 aliphatic heterocycles. The molecule has 0 aliphatic carbocycles. The second kappa shape index (κ2) is 11.7. The maximum absolute atomic E-state index is 13.7. The van der Waals surface area contributed by atoms with Gasteiger partial charge in [0.05, 0.1) is 12.6 Å². The molecule has 0 aliphatic rings. The van der Waals surface area contributed by atoms with Crippen molar-refractivity contribution in [1.29, 1.82) is 0 Å². The Hall–Kier alpha value is -3.82. The smallest absolute Gasteiger partial charge is 0.253 e. The standard InChI is InChI=1S/C29H32N6O2S/c1-4-37-23-12-13-26-22(17-23)18-25(29(36)30-26)27(28-31-32-33-35(28)20(2)3)34(19-24-11-8-16-38-24)15-14-21-9-6-5-7-10-21/h5-13,16-18,20,27H,4,14-15,19H2,1-3H3,(H,30,36)/t27-/m0/s1. The van der Waals surface area contributed by atoms with E-state index < -0.39 is 6.04 Å². The number of hydrogen-bond acceptors (Lipinski definition) is 7. The third kappa shape index (κ3) is 5.69. The molecule has 5 aromatic rings. The number of tetrazole rings is 1. The van der Waals surface area contributed by atoms with Crippen molar-refractivity contribution in [3.05, 3.63) is 104 Å². The molecule has 0 unspecified atom stereocenters. The number of aromatic amines is 1. The molecule has 1 N–H and O–H groups in total. The highest BCUT2D eigenvalue weighted by Crippen LogP contribution is 2.31. The Morgan fingerprint density at radius 3 is 2.66 bits per heavy atom. The zero-order valence-corrected chi connectivity index (χ0v) is 22.7. The lowest BCUT2D eigenvalue weighted by Gasteiger charge is -2.31. The molecule has 0 saturated carbocycles. The number of hydrogen-bond donors (Lipinski definition) is 1. The van der Waals surface area contributed by atoms with Crippen molar-refractivity contribution >= 4 is 22.2 Å². The number of nitrogens with zero attached hydrogens (tertiary/aromatic N) is 5. The minimum Gasteiger partial charge on any atom is -0.494 e. The van der Waals surface area contributed by atoms with Gasteiger partial charge >= 0.3 is 0 Å². The Bertz CT molecular complexity index is 1530. The Morgan fingerprint density at radius 1 is 1.08 bits per heavy atom. The number of nitrogens with one attached hydrogen (secondary N) is 1. The molecule has 38 heavy (non-hydrogen) atoms. The van der Waals surface area contributed by atoms with Gasteiger partial charge < -0.3 is 9.72 Å². The minimum atomic E-state index is -0.456. The molecule has 1 atom stereocenters. The predicted molar refractivity (Wildman–Crippen MR) is 151 cm³/mol. The van der Waals surface area contributed by atoms with E-state index in [1.165, 1.54) is 10.4 Å². The van der Waals surface area contributed by atoms with Crippen LogP contribution in [0, 0.1) is 0 Å². The summed E-state index contributed by atoms with van der Waals surface area (Å²) in [5, 5.41) is 15.8. The van der Waals surface area contributed by atoms with E-state index in [-0.39, 0.29) is 11.6 Å². The monoisotopic (exact) mass is 528 g/mol. The zero-order valence-electron chi connectivity index (χ0n) is 21.9. The average molecular weight is 529 g/mol. The van der Waals surface area contributed by atoms with Gasteiger partial charge in [-0.1, -0.05) is 36.4 Å². The lowest BCUT2D eigenvalue weighted by atomic mass is 10.0. The summed E-state index contributed by atoms with van der Waals surface area (Å²) in [5.74, 6) is 1.41. The molecule has 0 saturated heterocycles. The molecule has 8 nitrogen and oxygen atoms in total. The van der Waals surface area contributed by atoms with Crippen LogP contribution >= 0.6 is 11.3 Å². The lowest BCUT2D eigenvalue weighted by molar-refractivity contribution is 0.205. The molecule has 0 bridgehead atoms. The lowest BCUT2D eigenvalue weighted by Crippen LogP contribution is -2.36. The number of rotatable bonds is 11. The number of benzene rings is 2. The van der Waals surface area contributed by atoms with E-state index in [1.54, 1.807) is 11.3 Å². The van der Waals surface area contributed by atoms with Gasteiger partial charge in [0, 0.05) is 34.4 Å². The first kappa shape index (κ1) is 25.8. The summed E-state index contributed by atoms with van der Waals surface area (Å²) in [7, 11) is 0. The summed E-state index contributed by atoms with van der Waals surface area (Å²) >= 11 is 1.70. The molecule has 3 heterocycles. The molecule has 0 spiro atoms. The van der Waals surface area contributed by atoms with E-state index in [9.17, 15) is 4.79 Å². The van der Waals surface area contributed by atoms with Gasteiger partial charge in [0.25, 0.3) is 5.56 Å². The van der Waals surface area contributed by atoms with E-state index in [4.69, 9.17) is 4.74 Å². The first-order valence-electron chi connectivity index (χ1n) is 12.9. The normalized spacial score (nSPS) is 12.4. The van der Waals surface area contributed by atoms with Gasteiger partial charge in [-0.25, -0.2) is 4.68 Å². The van der Waals surface area contributed by atoms with Crippen molar-refractivity contribution in [3.63, 3.8) is 0 Å². The summed E-state index contributed by atoms with van der Waals surface area (Å²) in [4.78, 5) is 20.3. The van der Waals surface area contributed by atoms with Gasteiger partial charge in [0.2, 0.25) is 0 Å². The summed E-state index contributed by atoms with van der Waals surface area (Å²) in [5.41, 5.74) is 2.45. The summed E-state index contributed by atoms with van der Waals surface area (Å²) < 4.78 is 7.55. The van der Waals surface area contributed by atoms with Crippen LogP contribution in [0.5, 0.6) is 5.75 Å². The first-order chi connectivity index (χ1) is 18.5. The van der Waals surface area contributed by atoms with Crippen LogP contribution in [0.1, 0.15) is 54.7 Å². The Morgan fingerprint density at radius 2 is 1.92 bits per heavy atom.